The van der Waals surface area contributed by atoms with Crippen molar-refractivity contribution in [2.24, 2.45) is 5.73 Å². The number of ether oxygens (including phenoxy) is 1. The van der Waals surface area contributed by atoms with Gasteiger partial charge in [0.2, 0.25) is 0 Å². The van der Waals surface area contributed by atoms with Crippen molar-refractivity contribution in [1.29, 1.82) is 0 Å². The highest BCUT2D eigenvalue weighted by Crippen LogP contribution is 2.25. The number of aromatic nitrogens is 2. The van der Waals surface area contributed by atoms with Crippen LogP contribution in [-0.2, 0) is 6.54 Å². The van der Waals surface area contributed by atoms with Crippen molar-refractivity contribution < 1.29 is 14.9 Å². The van der Waals surface area contributed by atoms with Crippen LogP contribution in [0.3, 0.4) is 0 Å². The van der Waals surface area contributed by atoms with Crippen LogP contribution in [0.4, 0.5) is 0 Å². The highest BCUT2D eigenvalue weighted by Gasteiger charge is 2.18. The van der Waals surface area contributed by atoms with Crippen LogP contribution >= 0.6 is 0 Å². The van der Waals surface area contributed by atoms with Crippen molar-refractivity contribution in [3.05, 3.63) is 47.8 Å². The molecule has 0 spiro atoms. The normalized spacial score (nSPS) is 14.0. The number of aliphatic hydroxyl groups excluding tert-OH is 2. The van der Waals surface area contributed by atoms with Gasteiger partial charge in [-0.15, -0.1) is 0 Å². The van der Waals surface area contributed by atoms with E-state index in [1.807, 2.05) is 12.3 Å². The Balaban J connectivity index is 2.28. The van der Waals surface area contributed by atoms with Gasteiger partial charge in [-0.3, -0.25) is 4.68 Å². The van der Waals surface area contributed by atoms with Crippen molar-refractivity contribution in [3.63, 3.8) is 0 Å². The van der Waals surface area contributed by atoms with Crippen molar-refractivity contribution in [1.82, 2.24) is 9.78 Å². The van der Waals surface area contributed by atoms with E-state index >= 15 is 0 Å². The Hall–Kier alpha value is -1.89. The molecule has 2 rings (SSSR count). The lowest BCUT2D eigenvalue weighted by atomic mass is 10.0. The van der Waals surface area contributed by atoms with Gasteiger partial charge in [0, 0.05) is 24.5 Å². The predicted molar refractivity (Wildman–Crippen MR) is 74.3 cm³/mol. The highest BCUT2D eigenvalue weighted by atomic mass is 16.5. The van der Waals surface area contributed by atoms with Gasteiger partial charge in [-0.2, -0.15) is 5.10 Å². The number of benzene rings is 1. The number of nitrogens with two attached hydrogens (primary N) is 1. The third-order valence-corrected chi connectivity index (χ3v) is 3.14. The second-order valence-corrected chi connectivity index (χ2v) is 4.52. The van der Waals surface area contributed by atoms with Gasteiger partial charge < -0.3 is 20.7 Å². The van der Waals surface area contributed by atoms with Gasteiger partial charge in [0.15, 0.2) is 0 Å². The van der Waals surface area contributed by atoms with Crippen LogP contribution in [-0.4, -0.2) is 39.8 Å². The van der Waals surface area contributed by atoms with Crippen LogP contribution < -0.4 is 10.5 Å². The molecule has 1 aromatic heterocycles. The number of hydrogen-bond donors (Lipinski definition) is 3. The zero-order chi connectivity index (χ0) is 14.5. The summed E-state index contributed by atoms with van der Waals surface area (Å²) in [5.74, 6) is 0.707. The van der Waals surface area contributed by atoms with Crippen LogP contribution in [0.2, 0.25) is 0 Å². The topological polar surface area (TPSA) is 93.5 Å². The molecule has 0 aliphatic rings. The quantitative estimate of drug-likeness (QED) is 0.706. The number of methoxy groups -OCH3 is 1. The Kier molecular flexibility index (Phi) is 4.73. The molecule has 4 N–H and O–H groups in total. The average molecular weight is 277 g/mol. The lowest BCUT2D eigenvalue weighted by Gasteiger charge is -2.18. The molecule has 2 unspecified atom stereocenters. The van der Waals surface area contributed by atoms with Gasteiger partial charge >= 0.3 is 0 Å². The first kappa shape index (κ1) is 14.5. The number of rotatable bonds is 6. The fraction of sp³-hybridized carbons (Fsp3) is 0.357. The minimum absolute atomic E-state index is 0.00167. The molecule has 108 valence electrons. The molecule has 1 heterocycles. The van der Waals surface area contributed by atoms with Gasteiger partial charge in [-0.25, -0.2) is 0 Å². The Morgan fingerprint density at radius 2 is 2.20 bits per heavy atom. The molecule has 2 atom stereocenters. The SMILES string of the molecule is COc1ccc(C(O)C(O)CN)cc1Cn1cccn1. The lowest BCUT2D eigenvalue weighted by Crippen LogP contribution is -2.27. The van der Waals surface area contributed by atoms with Crippen LogP contribution in [0.5, 0.6) is 5.75 Å². The van der Waals surface area contributed by atoms with Gasteiger partial charge in [0.25, 0.3) is 0 Å². The zero-order valence-corrected chi connectivity index (χ0v) is 11.3. The van der Waals surface area contributed by atoms with E-state index < -0.39 is 12.2 Å². The van der Waals surface area contributed by atoms with E-state index in [0.717, 1.165) is 5.56 Å². The third kappa shape index (κ3) is 3.16. The Morgan fingerprint density at radius 1 is 1.40 bits per heavy atom. The summed E-state index contributed by atoms with van der Waals surface area (Å²) in [5.41, 5.74) is 6.84. The summed E-state index contributed by atoms with van der Waals surface area (Å²) in [5, 5.41) is 23.8. The summed E-state index contributed by atoms with van der Waals surface area (Å²) in [6, 6.07) is 7.11. The van der Waals surface area contributed by atoms with E-state index in [2.05, 4.69) is 5.10 Å². The van der Waals surface area contributed by atoms with E-state index in [4.69, 9.17) is 10.5 Å². The molecule has 20 heavy (non-hydrogen) atoms. The molecule has 1 aromatic carbocycles. The summed E-state index contributed by atoms with van der Waals surface area (Å²) in [7, 11) is 1.59. The summed E-state index contributed by atoms with van der Waals surface area (Å²) in [6.07, 6.45) is 1.55. The third-order valence-electron chi connectivity index (χ3n) is 3.14. The summed E-state index contributed by atoms with van der Waals surface area (Å²) < 4.78 is 7.06. The molecule has 6 heteroatoms. The Bertz CT molecular complexity index is 543. The molecule has 6 nitrogen and oxygen atoms in total. The first-order valence-corrected chi connectivity index (χ1v) is 6.36. The first-order valence-electron chi connectivity index (χ1n) is 6.36. The molecule has 2 aromatic rings. The number of nitrogens with zero attached hydrogens (tertiary/aromatic N) is 2. The van der Waals surface area contributed by atoms with Gasteiger partial charge in [0.1, 0.15) is 11.9 Å². The maximum absolute atomic E-state index is 10.0. The molecule has 0 fully saturated rings. The Morgan fingerprint density at radius 3 is 2.80 bits per heavy atom. The molecule has 0 saturated heterocycles. The minimum Gasteiger partial charge on any atom is -0.496 e. The van der Waals surface area contributed by atoms with Crippen LogP contribution in [0.15, 0.2) is 36.7 Å². The monoisotopic (exact) mass is 277 g/mol. The smallest absolute Gasteiger partial charge is 0.123 e. The maximum Gasteiger partial charge on any atom is 0.123 e. The summed E-state index contributed by atoms with van der Waals surface area (Å²) >= 11 is 0. The largest absolute Gasteiger partial charge is 0.496 e. The van der Waals surface area contributed by atoms with Crippen molar-refractivity contribution in [3.8, 4) is 5.75 Å². The highest BCUT2D eigenvalue weighted by molar-refractivity contribution is 5.38. The predicted octanol–water partition coefficient (Wildman–Crippen LogP) is 0.293. The number of hydrogen-bond acceptors (Lipinski definition) is 5. The van der Waals surface area contributed by atoms with Crippen LogP contribution in [0.25, 0.3) is 0 Å². The van der Waals surface area contributed by atoms with Crippen LogP contribution in [0, 0.1) is 0 Å². The van der Waals surface area contributed by atoms with Crippen molar-refractivity contribution >= 4 is 0 Å². The van der Waals surface area contributed by atoms with E-state index in [9.17, 15) is 10.2 Å². The molecule has 0 aliphatic carbocycles. The van der Waals surface area contributed by atoms with Gasteiger partial charge in [0.05, 0.1) is 19.8 Å². The molecule has 0 aliphatic heterocycles. The standard InChI is InChI=1S/C14H19N3O3/c1-20-13-4-3-10(14(19)12(18)8-15)7-11(13)9-17-6-2-5-16-17/h2-7,12,14,18-19H,8-9,15H2,1H3. The van der Waals surface area contributed by atoms with Gasteiger partial charge in [-0.1, -0.05) is 6.07 Å². The molecule has 0 amide bonds. The summed E-state index contributed by atoms with van der Waals surface area (Å²) in [4.78, 5) is 0. The lowest BCUT2D eigenvalue weighted by molar-refractivity contribution is 0.0243. The maximum atomic E-state index is 10.0. The molecule has 0 saturated carbocycles. The molecule has 0 bridgehead atoms. The van der Waals surface area contributed by atoms with Crippen LogP contribution in [0.1, 0.15) is 17.2 Å². The minimum atomic E-state index is -1.01. The van der Waals surface area contributed by atoms with E-state index in [0.29, 0.717) is 17.9 Å². The van der Waals surface area contributed by atoms with E-state index in [1.165, 1.54) is 0 Å². The van der Waals surface area contributed by atoms with Crippen molar-refractivity contribution in [2.45, 2.75) is 18.8 Å². The fourth-order valence-corrected chi connectivity index (χ4v) is 2.03. The molecule has 0 radical (unpaired) electrons. The second kappa shape index (κ2) is 6.51. The number of aliphatic hydroxyl groups is 2. The van der Waals surface area contributed by atoms with Crippen molar-refractivity contribution in [2.75, 3.05) is 13.7 Å². The van der Waals surface area contributed by atoms with E-state index in [1.54, 1.807) is 36.2 Å². The van der Waals surface area contributed by atoms with Gasteiger partial charge in [-0.05, 0) is 23.8 Å². The first-order chi connectivity index (χ1) is 9.65. The second-order valence-electron chi connectivity index (χ2n) is 4.52. The fourth-order valence-electron chi connectivity index (χ4n) is 2.03. The average Bonchev–Trinajstić information content (AvgIpc) is 2.98. The summed E-state index contributed by atoms with van der Waals surface area (Å²) in [6.45, 7) is 0.525. The molecular weight excluding hydrogens is 258 g/mol. The zero-order valence-electron chi connectivity index (χ0n) is 11.3. The van der Waals surface area contributed by atoms with E-state index in [-0.39, 0.29) is 6.54 Å². The Labute approximate surface area is 117 Å². The molecular formula is C14H19N3O3.